The minimum atomic E-state index is -0.383. The molecule has 0 saturated heterocycles. The van der Waals surface area contributed by atoms with Crippen LogP contribution < -0.4 is 10.1 Å². The lowest BCUT2D eigenvalue weighted by Gasteiger charge is -2.12. The molecule has 23 heavy (non-hydrogen) atoms. The molecule has 0 aliphatic rings. The first-order valence-corrected chi connectivity index (χ1v) is 6.42. The maximum atomic E-state index is 12.9. The second-order valence-electron chi connectivity index (χ2n) is 4.26. The number of hydrogen-bond acceptors (Lipinski definition) is 5. The van der Waals surface area contributed by atoms with E-state index in [1.165, 1.54) is 24.3 Å². The molecule has 110 valence electrons. The predicted molar refractivity (Wildman–Crippen MR) is 80.4 cm³/mol. The molecule has 2 aromatic carbocycles. The van der Waals surface area contributed by atoms with Gasteiger partial charge in [0.15, 0.2) is 11.3 Å². The Kier molecular flexibility index (Phi) is 4.92. The van der Waals surface area contributed by atoms with Crippen LogP contribution in [-0.4, -0.2) is 0 Å². The average molecular weight is 304 g/mol. The first kappa shape index (κ1) is 15.6. The van der Waals surface area contributed by atoms with Crippen LogP contribution in [0.1, 0.15) is 0 Å². The van der Waals surface area contributed by atoms with Crippen LogP contribution in [0.3, 0.4) is 0 Å². The normalized spacial score (nSPS) is 8.96. The van der Waals surface area contributed by atoms with Crippen LogP contribution >= 0.6 is 0 Å². The minimum Gasteiger partial charge on any atom is -0.455 e. The molecule has 0 aliphatic carbocycles. The molecule has 1 N–H and O–H groups in total. The summed E-state index contributed by atoms with van der Waals surface area (Å²) in [4.78, 5) is 0. The second-order valence-corrected chi connectivity index (χ2v) is 4.26. The lowest BCUT2D eigenvalue weighted by Crippen LogP contribution is -2.02. The first-order chi connectivity index (χ1) is 11.2. The van der Waals surface area contributed by atoms with Gasteiger partial charge in [0.25, 0.3) is 0 Å². The van der Waals surface area contributed by atoms with Gasteiger partial charge in [-0.05, 0) is 36.4 Å². The molecule has 0 radical (unpaired) electrons. The predicted octanol–water partition coefficient (Wildman–Crippen LogP) is 3.85. The van der Waals surface area contributed by atoms with Crippen molar-refractivity contribution in [1.29, 1.82) is 15.8 Å². The molecule has 6 heteroatoms. The fourth-order valence-electron chi connectivity index (χ4n) is 1.71. The van der Waals surface area contributed by atoms with E-state index in [4.69, 9.17) is 20.5 Å². The van der Waals surface area contributed by atoms with Crippen LogP contribution in [0, 0.1) is 39.8 Å². The number of nitriles is 3. The Morgan fingerprint density at radius 2 is 1.57 bits per heavy atom. The SMILES string of the molecule is N#CC(C#N)=C(C#N)Nc1ccccc1Oc1ccc(F)cc1. The summed E-state index contributed by atoms with van der Waals surface area (Å²) >= 11 is 0. The fourth-order valence-corrected chi connectivity index (χ4v) is 1.71. The van der Waals surface area contributed by atoms with E-state index in [1.807, 2.05) is 0 Å². The molecule has 5 nitrogen and oxygen atoms in total. The second kappa shape index (κ2) is 7.26. The summed E-state index contributed by atoms with van der Waals surface area (Å²) in [6.45, 7) is 0. The molecule has 0 atom stereocenters. The van der Waals surface area contributed by atoms with Gasteiger partial charge in [-0.1, -0.05) is 12.1 Å². The molecule has 0 amide bonds. The van der Waals surface area contributed by atoms with Crippen LogP contribution in [0.4, 0.5) is 10.1 Å². The van der Waals surface area contributed by atoms with Crippen LogP contribution in [0.15, 0.2) is 59.8 Å². The Balaban J connectivity index is 2.33. The quantitative estimate of drug-likeness (QED) is 0.866. The zero-order valence-corrected chi connectivity index (χ0v) is 11.7. The largest absolute Gasteiger partial charge is 0.455 e. The van der Waals surface area contributed by atoms with E-state index in [-0.39, 0.29) is 17.1 Å². The summed E-state index contributed by atoms with van der Waals surface area (Å²) in [5, 5.41) is 29.5. The zero-order chi connectivity index (χ0) is 16.7. The van der Waals surface area contributed by atoms with E-state index in [0.29, 0.717) is 17.2 Å². The van der Waals surface area contributed by atoms with E-state index >= 15 is 0 Å². The molecule has 0 aliphatic heterocycles. The van der Waals surface area contributed by atoms with Crippen LogP contribution in [0.5, 0.6) is 11.5 Å². The van der Waals surface area contributed by atoms with Crippen LogP contribution in [0.25, 0.3) is 0 Å². The van der Waals surface area contributed by atoms with Crippen molar-refractivity contribution in [2.75, 3.05) is 5.32 Å². The maximum absolute atomic E-state index is 12.9. The van der Waals surface area contributed by atoms with Gasteiger partial charge in [0.2, 0.25) is 0 Å². The van der Waals surface area contributed by atoms with Crippen molar-refractivity contribution < 1.29 is 9.13 Å². The Morgan fingerprint density at radius 3 is 2.17 bits per heavy atom. The number of nitrogens with one attached hydrogen (secondary N) is 1. The molecule has 0 saturated carbocycles. The summed E-state index contributed by atoms with van der Waals surface area (Å²) in [5.41, 5.74) is -0.106. The van der Waals surface area contributed by atoms with Gasteiger partial charge in [0.1, 0.15) is 35.5 Å². The number of benzene rings is 2. The third-order valence-corrected chi connectivity index (χ3v) is 2.77. The van der Waals surface area contributed by atoms with E-state index in [9.17, 15) is 4.39 Å². The highest BCUT2D eigenvalue weighted by Crippen LogP contribution is 2.30. The number of hydrogen-bond donors (Lipinski definition) is 1. The summed E-state index contributed by atoms with van der Waals surface area (Å²) in [7, 11) is 0. The Hall–Kier alpha value is -3.82. The number of halogens is 1. The van der Waals surface area contributed by atoms with Gasteiger partial charge in [-0.3, -0.25) is 0 Å². The third kappa shape index (κ3) is 3.85. The molecular formula is C17H9FN4O. The van der Waals surface area contributed by atoms with Gasteiger partial charge in [0.05, 0.1) is 5.69 Å². The van der Waals surface area contributed by atoms with Crippen LogP contribution in [0.2, 0.25) is 0 Å². The molecule has 0 spiro atoms. The third-order valence-electron chi connectivity index (χ3n) is 2.77. The molecule has 0 unspecified atom stereocenters. The Morgan fingerprint density at radius 1 is 0.913 bits per heavy atom. The molecule has 2 rings (SSSR count). The number of anilines is 1. The fraction of sp³-hybridized carbons (Fsp3) is 0. The molecule has 0 heterocycles. The highest BCUT2D eigenvalue weighted by molar-refractivity contribution is 5.65. The van der Waals surface area contributed by atoms with E-state index in [0.717, 1.165) is 0 Å². The standard InChI is InChI=1S/C17H9FN4O/c18-13-5-7-14(8-6-13)23-17-4-2-1-3-15(17)22-16(11-21)12(9-19)10-20/h1-8,22H. The molecule has 2 aromatic rings. The number of rotatable bonds is 4. The van der Waals surface area contributed by atoms with Crippen molar-refractivity contribution >= 4 is 5.69 Å². The van der Waals surface area contributed by atoms with E-state index in [1.54, 1.807) is 42.5 Å². The summed E-state index contributed by atoms with van der Waals surface area (Å²) in [5.74, 6) is 0.386. The highest BCUT2D eigenvalue weighted by atomic mass is 19.1. The monoisotopic (exact) mass is 304 g/mol. The van der Waals surface area contributed by atoms with Crippen molar-refractivity contribution in [2.24, 2.45) is 0 Å². The van der Waals surface area contributed by atoms with E-state index in [2.05, 4.69) is 5.32 Å². The van der Waals surface area contributed by atoms with Crippen molar-refractivity contribution in [3.8, 4) is 29.7 Å². The zero-order valence-electron chi connectivity index (χ0n) is 11.7. The minimum absolute atomic E-state index is 0.176. The molecule has 0 bridgehead atoms. The van der Waals surface area contributed by atoms with Crippen LogP contribution in [-0.2, 0) is 0 Å². The highest BCUT2D eigenvalue weighted by Gasteiger charge is 2.10. The lowest BCUT2D eigenvalue weighted by atomic mass is 10.2. The Labute approximate surface area is 132 Å². The maximum Gasteiger partial charge on any atom is 0.163 e. The van der Waals surface area contributed by atoms with Gasteiger partial charge >= 0.3 is 0 Å². The summed E-state index contributed by atoms with van der Waals surface area (Å²) < 4.78 is 18.5. The van der Waals surface area contributed by atoms with Crippen molar-refractivity contribution in [2.45, 2.75) is 0 Å². The van der Waals surface area contributed by atoms with Crippen molar-refractivity contribution in [1.82, 2.24) is 0 Å². The van der Waals surface area contributed by atoms with E-state index < -0.39 is 0 Å². The summed E-state index contributed by atoms with van der Waals surface area (Å²) in [6, 6.07) is 17.2. The number of para-hydroxylation sites is 2. The van der Waals surface area contributed by atoms with Gasteiger partial charge < -0.3 is 10.1 Å². The molecular weight excluding hydrogens is 295 g/mol. The topological polar surface area (TPSA) is 92.6 Å². The smallest absolute Gasteiger partial charge is 0.163 e. The van der Waals surface area contributed by atoms with Gasteiger partial charge in [-0.15, -0.1) is 0 Å². The van der Waals surface area contributed by atoms with Crippen molar-refractivity contribution in [3.05, 3.63) is 65.6 Å². The molecule has 0 fully saturated rings. The van der Waals surface area contributed by atoms with Gasteiger partial charge in [0, 0.05) is 0 Å². The average Bonchev–Trinajstić information content (AvgIpc) is 2.58. The van der Waals surface area contributed by atoms with Crippen molar-refractivity contribution in [3.63, 3.8) is 0 Å². The number of ether oxygens (including phenoxy) is 1. The van der Waals surface area contributed by atoms with Gasteiger partial charge in [-0.2, -0.15) is 15.8 Å². The lowest BCUT2D eigenvalue weighted by molar-refractivity contribution is 0.482. The summed E-state index contributed by atoms with van der Waals surface area (Å²) in [6.07, 6.45) is 0. The Bertz CT molecular complexity index is 851. The molecule has 0 aromatic heterocycles. The van der Waals surface area contributed by atoms with Gasteiger partial charge in [-0.25, -0.2) is 4.39 Å². The number of nitrogens with zero attached hydrogens (tertiary/aromatic N) is 3. The number of allylic oxidation sites excluding steroid dienone is 2. The first-order valence-electron chi connectivity index (χ1n) is 6.42.